The van der Waals surface area contributed by atoms with Gasteiger partial charge in [0.1, 0.15) is 0 Å². The first-order chi connectivity index (χ1) is 64.4. The van der Waals surface area contributed by atoms with E-state index in [2.05, 4.69) is 204 Å². The van der Waals surface area contributed by atoms with Crippen LogP contribution in [0.3, 0.4) is 0 Å². The van der Waals surface area contributed by atoms with Crippen molar-refractivity contribution in [2.75, 3.05) is 0 Å². The van der Waals surface area contributed by atoms with Gasteiger partial charge in [-0.15, -0.1) is 0 Å². The van der Waals surface area contributed by atoms with E-state index in [0.29, 0.717) is 16.9 Å². The first-order valence-corrected chi connectivity index (χ1v) is 66.1. The van der Waals surface area contributed by atoms with Gasteiger partial charge in [-0.3, -0.25) is 0 Å². The van der Waals surface area contributed by atoms with Gasteiger partial charge in [0.25, 0.3) is 0 Å². The Morgan fingerprint density at radius 2 is 0.342 bits per heavy atom. The molecule has 0 aromatic rings. The standard InChI is InChI=1S/2C8H17N.5C7H15N.14C5H10.14CH3.7Mo/c1-7(2,3)6-8(4,5)9;1-5-7(2)6-8(3,4)9;1-6(2)5-7(3,4)8;1-5-6(2)7(3,4)8;2*1-4-6-7(3,8)5-2;1-4-7(8,5-2)6-3;14*1-2-4-5-3-1;;;;;;;;;;;;;;;;;;;;;/h6H2,1-5H3;7H,5-6H2,1-4H3;2*6H,5H2,1-4H3;3*4-6H2,1-3H3;14*1-5H2;14*1H3;;;;;;;/q;;;;;;;;;;;;;;;;;;;;;14*-1;;;;;;;. The van der Waals surface area contributed by atoms with Gasteiger partial charge in [0.2, 0.25) is 0 Å². The summed E-state index contributed by atoms with van der Waals surface area (Å²) in [5, 5.41) is 0. The van der Waals surface area contributed by atoms with Crippen molar-refractivity contribution >= 4 is 0 Å². The Morgan fingerprint density at radius 1 is 0.188 bits per heavy atom. The minimum absolute atomic E-state index is 0. The largest absolute Gasteiger partial charge is 0.358 e. The van der Waals surface area contributed by atoms with E-state index >= 15 is 0 Å². The van der Waals surface area contributed by atoms with Gasteiger partial charge in [0.05, 0.1) is 0 Å². The predicted octanol–water partition coefficient (Wildman–Crippen LogP) is 52.6. The molecule has 0 heterocycles. The fraction of sp³-hybridized carbons (Fsp3) is 0.896. The first-order valence-electron chi connectivity index (χ1n) is 59.8. The molecular weight excluding hydrogens is 2390 g/mol. The zero-order valence-electron chi connectivity index (χ0n) is 111. The first kappa shape index (κ1) is 202. The molecule has 14 rings (SSSR count). The van der Waals surface area contributed by atoms with Gasteiger partial charge >= 0.3 is 494 Å². The number of rotatable bonds is 24. The van der Waals surface area contributed by atoms with Crippen molar-refractivity contribution in [3.8, 4) is 0 Å². The van der Waals surface area contributed by atoms with Crippen LogP contribution in [0.25, 0.3) is 0 Å². The molecule has 14 aliphatic rings. The quantitative estimate of drug-likeness (QED) is 0.0681. The number of hydrogen-bond donors (Lipinski definition) is 0. The summed E-state index contributed by atoms with van der Waals surface area (Å²) in [5.74, 6) is 2.26. The molecule has 7 nitrogen and oxygen atoms in total. The van der Waals surface area contributed by atoms with Gasteiger partial charge in [-0.1, -0.05) is 449 Å². The Morgan fingerprint density at radius 3 is 0.396 bits per heavy atom. The molecule has 0 aromatic heterocycles. The van der Waals surface area contributed by atoms with Crippen LogP contribution in [0.5, 0.6) is 0 Å². The second-order valence-electron chi connectivity index (χ2n) is 47.3. The van der Waals surface area contributed by atoms with Crippen molar-refractivity contribution in [3.05, 3.63) is 104 Å². The van der Waals surface area contributed by atoms with Crippen molar-refractivity contribution in [1.29, 1.82) is 0 Å². The van der Waals surface area contributed by atoms with Gasteiger partial charge in [0.15, 0.2) is 0 Å². The molecule has 4 unspecified atom stereocenters. The van der Waals surface area contributed by atoms with E-state index in [-0.39, 0.29) is 137 Å². The third kappa shape index (κ3) is 164. The molecule has 0 spiro atoms. The molecule has 14 aliphatic carbocycles. The topological polar surface area (TPSA) is 86.5 Å². The third-order valence-electron chi connectivity index (χ3n) is 29.4. The molecule has 149 heavy (non-hydrogen) atoms. The van der Waals surface area contributed by atoms with E-state index in [1.165, 1.54) is 533 Å². The van der Waals surface area contributed by atoms with E-state index in [0.717, 1.165) is 18.3 Å². The van der Waals surface area contributed by atoms with Crippen LogP contribution in [-0.2, 0) is 137 Å². The zero-order valence-corrected chi connectivity index (χ0v) is 125. The van der Waals surface area contributed by atoms with Crippen LogP contribution in [0, 0.1) is 127 Å². The van der Waals surface area contributed by atoms with Crippen LogP contribution in [-0.4, -0.2) is 38.8 Å². The molecule has 0 radical (unpaired) electrons. The maximum atomic E-state index is 4.38. The molecule has 0 aromatic carbocycles. The fourth-order valence-corrected chi connectivity index (χ4v) is 22.0. The maximum Gasteiger partial charge on any atom is -0.358 e. The minimum Gasteiger partial charge on any atom is -0.358 e. The predicted molar refractivity (Wildman–Crippen MR) is 674 cm³/mol. The minimum atomic E-state index is 0. The molecule has 14 fully saturated rings. The molecular formula is C135H291Mo7N7-14. The second kappa shape index (κ2) is 149. The Kier molecular flexibility index (Phi) is 203. The van der Waals surface area contributed by atoms with Crippen molar-refractivity contribution in [1.82, 2.24) is 0 Å². The van der Waals surface area contributed by atoms with E-state index in [4.69, 9.17) is 0 Å². The summed E-state index contributed by atoms with van der Waals surface area (Å²) in [6, 6.07) is 0. The molecule has 0 bridgehead atoms. The summed E-state index contributed by atoms with van der Waals surface area (Å²) in [5.41, 5.74) is 1.94. The van der Waals surface area contributed by atoms with Crippen LogP contribution in [0.15, 0.2) is 24.5 Å². The molecule has 922 valence electrons. The number of nitrogens with zero attached hydrogens (tertiary/aromatic N) is 7. The molecule has 0 aliphatic heterocycles. The molecule has 0 saturated heterocycles. The monoisotopic (exact) mass is 2700 g/mol. The van der Waals surface area contributed by atoms with Crippen LogP contribution in [0.2, 0.25) is 0 Å². The van der Waals surface area contributed by atoms with Gasteiger partial charge in [-0.05, 0) is 0 Å². The summed E-state index contributed by atoms with van der Waals surface area (Å²) in [6.07, 6.45) is 122. The summed E-state index contributed by atoms with van der Waals surface area (Å²) < 4.78 is 30.3. The Hall–Kier alpha value is 3.42. The van der Waals surface area contributed by atoms with E-state index in [9.17, 15) is 0 Å². The van der Waals surface area contributed by atoms with E-state index < -0.39 is 0 Å². The van der Waals surface area contributed by atoms with E-state index in [1.54, 1.807) is 0 Å². The van der Waals surface area contributed by atoms with Crippen LogP contribution in [0.4, 0.5) is 0 Å². The van der Waals surface area contributed by atoms with Crippen LogP contribution < -0.4 is 0 Å². The van der Waals surface area contributed by atoms with Crippen molar-refractivity contribution in [2.45, 2.75) is 758 Å². The van der Waals surface area contributed by atoms with Crippen molar-refractivity contribution in [2.24, 2.45) is 47.6 Å². The second-order valence-corrected chi connectivity index (χ2v) is 50.5. The molecule has 4 atom stereocenters. The molecule has 0 N–H and O–H groups in total. The zero-order chi connectivity index (χ0) is 103. The normalized spacial score (nSPS) is 17.5. The molecule has 14 heteroatoms. The third-order valence-corrected chi connectivity index (χ3v) is 37.3. The van der Waals surface area contributed by atoms with Crippen LogP contribution in [0.1, 0.15) is 719 Å². The van der Waals surface area contributed by atoms with Crippen LogP contribution >= 0.6 is 0 Å². The SMILES string of the molecule is C1CCCC1.C1CCCC1.C1CCCC1.C1CCCC1.C1CCCC1.C1CCCC1.C1CCCC1.C1CCCC1.C1CCCC1.C1CCCC1.C1CCCC1.C1CCCC1.C1CCCC1.C1CCCC1.CC(C)(C)CC(C)(C)[N]=[Mo].CC(C)CC(C)(C)[N]=[Mo].CCC(C)C(C)(C)[N]=[Mo].CCC(C)CC(C)(C)[N]=[Mo].CCC(CC)(CC)[N]=[Mo].CCCC(C)(CC)[N]=[Mo].CCCC(C)(CC)[N]=[Mo].[CH3-].[CH3-].[CH3-].[CH3-].[CH3-].[CH3-].[CH3-].[CH3-].[CH3-].[CH3-].[CH3-].[CH3-].[CH3-].[CH3-]. The molecule has 14 saturated carbocycles. The van der Waals surface area contributed by atoms with Gasteiger partial charge in [0, 0.05) is 0 Å². The maximum absolute atomic E-state index is 4.38. The van der Waals surface area contributed by atoms with Crippen molar-refractivity contribution < 1.29 is 137 Å². The van der Waals surface area contributed by atoms with Gasteiger partial charge in [-0.25, -0.2) is 0 Å². The summed E-state index contributed by atoms with van der Waals surface area (Å²) in [6.45, 7) is 57.5. The Labute approximate surface area is 1040 Å². The van der Waals surface area contributed by atoms with Gasteiger partial charge in [-0.2, -0.15) is 0 Å². The Balaban J connectivity index is -0.0000000607. The summed E-state index contributed by atoms with van der Waals surface area (Å²) in [4.78, 5) is 0. The van der Waals surface area contributed by atoms with E-state index in [1.807, 2.05) is 137 Å². The van der Waals surface area contributed by atoms with Gasteiger partial charge < -0.3 is 104 Å². The summed E-state index contributed by atoms with van der Waals surface area (Å²) in [7, 11) is 0. The average molecular weight is 2680 g/mol. The number of hydrogen-bond acceptors (Lipinski definition) is 7. The molecule has 0 amide bonds. The average Bonchev–Trinajstić information content (AvgIpc) is 1.80. The Bertz CT molecular complexity index is 1940. The smallest absolute Gasteiger partial charge is 0.358 e. The fourth-order valence-electron chi connectivity index (χ4n) is 19.0. The van der Waals surface area contributed by atoms with Crippen molar-refractivity contribution in [3.63, 3.8) is 0 Å². The summed E-state index contributed by atoms with van der Waals surface area (Å²) >= 11 is 12.9.